The van der Waals surface area contributed by atoms with Gasteiger partial charge in [-0.2, -0.15) is 0 Å². The molecule has 3 aromatic rings. The van der Waals surface area contributed by atoms with Gasteiger partial charge in [-0.25, -0.2) is 8.42 Å². The molecule has 3 aliphatic rings. The van der Waals surface area contributed by atoms with Gasteiger partial charge < -0.3 is 14.4 Å². The van der Waals surface area contributed by atoms with Crippen molar-refractivity contribution in [3.8, 4) is 11.5 Å². The van der Waals surface area contributed by atoms with E-state index in [1.165, 1.54) is 51.2 Å². The SMILES string of the molecule is CCOc1cc([C@@H](CS(C)(=O)=O)N2C(=O)c3cccc(CCCCCCCCCCCN4CCC(c5ccc(C6CCC(=O)NC6=O)cc5)CC4)c3C2=O)ccc1OC. The van der Waals surface area contributed by atoms with Crippen molar-refractivity contribution in [1.29, 1.82) is 0 Å². The van der Waals surface area contributed by atoms with Crippen molar-refractivity contribution in [3.05, 3.63) is 94.0 Å². The van der Waals surface area contributed by atoms with Crippen LogP contribution < -0.4 is 14.8 Å². The van der Waals surface area contributed by atoms with Crippen LogP contribution in [0.3, 0.4) is 0 Å². The first-order valence-electron chi connectivity index (χ1n) is 21.6. The number of imide groups is 2. The molecule has 0 radical (unpaired) electrons. The third kappa shape index (κ3) is 11.4. The van der Waals surface area contributed by atoms with Gasteiger partial charge in [0, 0.05) is 12.7 Å². The van der Waals surface area contributed by atoms with Crippen molar-refractivity contribution < 1.29 is 37.1 Å². The number of nitrogens with zero attached hydrogens (tertiary/aromatic N) is 2. The van der Waals surface area contributed by atoms with Crippen LogP contribution in [-0.2, 0) is 25.8 Å². The maximum Gasteiger partial charge on any atom is 0.262 e. The second-order valence-electron chi connectivity index (χ2n) is 16.5. The largest absolute Gasteiger partial charge is 0.493 e. The van der Waals surface area contributed by atoms with Gasteiger partial charge >= 0.3 is 0 Å². The van der Waals surface area contributed by atoms with E-state index in [0.717, 1.165) is 74.0 Å². The number of fused-ring (bicyclic) bond motifs is 1. The fraction of sp³-hybridized carbons (Fsp3) is 0.532. The molecule has 4 amide bonds. The average molecular weight is 828 g/mol. The van der Waals surface area contributed by atoms with E-state index in [1.54, 1.807) is 24.3 Å². The van der Waals surface area contributed by atoms with Gasteiger partial charge in [0.1, 0.15) is 9.84 Å². The molecule has 318 valence electrons. The van der Waals surface area contributed by atoms with Gasteiger partial charge in [-0.15, -0.1) is 0 Å². The van der Waals surface area contributed by atoms with Crippen LogP contribution in [-0.4, -0.2) is 87.2 Å². The Bertz CT molecular complexity index is 2060. The summed E-state index contributed by atoms with van der Waals surface area (Å²) in [4.78, 5) is 55.2. The van der Waals surface area contributed by atoms with Gasteiger partial charge in [0.25, 0.3) is 11.8 Å². The molecule has 11 nitrogen and oxygen atoms in total. The highest BCUT2D eigenvalue weighted by atomic mass is 32.2. The van der Waals surface area contributed by atoms with E-state index in [-0.39, 0.29) is 17.7 Å². The van der Waals surface area contributed by atoms with Crippen LogP contribution in [0.25, 0.3) is 0 Å². The Morgan fingerprint density at radius 3 is 2.08 bits per heavy atom. The van der Waals surface area contributed by atoms with Crippen molar-refractivity contribution in [2.45, 2.75) is 115 Å². The van der Waals surface area contributed by atoms with Crippen molar-refractivity contribution in [2.75, 3.05) is 45.4 Å². The summed E-state index contributed by atoms with van der Waals surface area (Å²) < 4.78 is 36.3. The third-order valence-corrected chi connectivity index (χ3v) is 13.2. The predicted octanol–water partition coefficient (Wildman–Crippen LogP) is 7.93. The molecule has 2 atom stereocenters. The molecule has 3 aliphatic heterocycles. The molecule has 3 aromatic carbocycles. The van der Waals surface area contributed by atoms with Gasteiger partial charge in [-0.3, -0.25) is 29.4 Å². The number of sulfone groups is 1. The lowest BCUT2D eigenvalue weighted by Crippen LogP contribution is -2.39. The number of amides is 4. The van der Waals surface area contributed by atoms with E-state index in [9.17, 15) is 27.6 Å². The molecular weight excluding hydrogens is 767 g/mol. The Morgan fingerprint density at radius 1 is 0.780 bits per heavy atom. The monoisotopic (exact) mass is 827 g/mol. The minimum atomic E-state index is -3.58. The molecule has 1 N–H and O–H groups in total. The number of nitrogens with one attached hydrogen (secondary N) is 1. The summed E-state index contributed by atoms with van der Waals surface area (Å²) in [6.07, 6.45) is 15.5. The number of rotatable bonds is 21. The molecule has 59 heavy (non-hydrogen) atoms. The van der Waals surface area contributed by atoms with Gasteiger partial charge in [-0.1, -0.05) is 87.4 Å². The van der Waals surface area contributed by atoms with Gasteiger partial charge in [0.15, 0.2) is 11.5 Å². The number of ether oxygens (including phenoxy) is 2. The highest BCUT2D eigenvalue weighted by Crippen LogP contribution is 2.38. The maximum atomic E-state index is 14.0. The van der Waals surface area contributed by atoms with Crippen molar-refractivity contribution in [3.63, 3.8) is 0 Å². The fourth-order valence-electron chi connectivity index (χ4n) is 9.03. The molecule has 2 saturated heterocycles. The summed E-state index contributed by atoms with van der Waals surface area (Å²) in [5.41, 5.74) is 4.38. The van der Waals surface area contributed by atoms with E-state index in [2.05, 4.69) is 34.5 Å². The Balaban J connectivity index is 0.874. The number of aryl methyl sites for hydroxylation is 1. The zero-order valence-corrected chi connectivity index (χ0v) is 35.8. The molecular formula is C47H61N3O8S. The Labute approximate surface area is 350 Å². The molecule has 2 fully saturated rings. The van der Waals surface area contributed by atoms with Crippen LogP contribution in [0.4, 0.5) is 0 Å². The summed E-state index contributed by atoms with van der Waals surface area (Å²) in [6.45, 7) is 5.60. The maximum absolute atomic E-state index is 14.0. The molecule has 0 bridgehead atoms. The number of methoxy groups -OCH3 is 1. The molecule has 1 unspecified atom stereocenters. The minimum Gasteiger partial charge on any atom is -0.493 e. The summed E-state index contributed by atoms with van der Waals surface area (Å²) in [5.74, 6) is -0.467. The predicted molar refractivity (Wildman–Crippen MR) is 229 cm³/mol. The van der Waals surface area contributed by atoms with Crippen LogP contribution in [0.15, 0.2) is 60.7 Å². The summed E-state index contributed by atoms with van der Waals surface area (Å²) >= 11 is 0. The van der Waals surface area contributed by atoms with Crippen LogP contribution in [0, 0.1) is 0 Å². The number of hydrogen-bond acceptors (Lipinski definition) is 9. The minimum absolute atomic E-state index is 0.176. The van der Waals surface area contributed by atoms with Gasteiger partial charge in [0.2, 0.25) is 11.8 Å². The Hall–Kier alpha value is -4.55. The molecule has 12 heteroatoms. The third-order valence-electron chi connectivity index (χ3n) is 12.2. The number of piperidine rings is 2. The number of benzene rings is 3. The van der Waals surface area contributed by atoms with Crippen LogP contribution >= 0.6 is 0 Å². The first-order chi connectivity index (χ1) is 28.5. The summed E-state index contributed by atoms with van der Waals surface area (Å²) in [5, 5.41) is 2.46. The first kappa shape index (κ1) is 44.0. The molecule has 0 saturated carbocycles. The zero-order valence-electron chi connectivity index (χ0n) is 35.0. The lowest BCUT2D eigenvalue weighted by molar-refractivity contribution is -0.134. The van der Waals surface area contributed by atoms with Crippen molar-refractivity contribution in [1.82, 2.24) is 15.1 Å². The zero-order chi connectivity index (χ0) is 41.9. The first-order valence-corrected chi connectivity index (χ1v) is 23.7. The van der Waals surface area contributed by atoms with Crippen LogP contribution in [0.5, 0.6) is 11.5 Å². The quantitative estimate of drug-likeness (QED) is 0.0838. The topological polar surface area (TPSA) is 139 Å². The standard InChI is InChI=1S/C47H61N3O8S/c1-4-58-42-31-37(22-24-41(42)57-2)40(32-59(3,55)56)50-46(53)39-17-14-16-36(44(39)47(50)54)15-12-10-8-6-5-7-9-11-13-28-49-29-26-34(27-30-49)33-18-20-35(21-19-33)38-23-25-43(51)48-45(38)52/h14,16-22,24,31,34,38,40H,4-13,15,23,25-30,32H2,1-3H3,(H,48,51,52)/t38?,40-/m1/s1. The lowest BCUT2D eigenvalue weighted by atomic mass is 9.86. The van der Waals surface area contributed by atoms with E-state index in [0.29, 0.717) is 60.0 Å². The van der Waals surface area contributed by atoms with Crippen LogP contribution in [0.1, 0.15) is 151 Å². The Morgan fingerprint density at radius 2 is 1.44 bits per heavy atom. The van der Waals surface area contributed by atoms with Gasteiger partial charge in [-0.05, 0) is 111 Å². The number of carbonyl (C=O) groups excluding carboxylic acids is 4. The van der Waals surface area contributed by atoms with Crippen LogP contribution in [0.2, 0.25) is 0 Å². The number of unbranched alkanes of at least 4 members (excludes halogenated alkanes) is 8. The molecule has 0 spiro atoms. The van der Waals surface area contributed by atoms with Gasteiger partial charge in [0.05, 0.1) is 42.6 Å². The second kappa shape index (κ2) is 20.6. The molecule has 0 aromatic heterocycles. The van der Waals surface area contributed by atoms with E-state index >= 15 is 0 Å². The highest BCUT2D eigenvalue weighted by Gasteiger charge is 2.43. The number of hydrogen-bond donors (Lipinski definition) is 1. The normalized spacial score (nSPS) is 18.2. The van der Waals surface area contributed by atoms with E-state index < -0.39 is 33.4 Å². The average Bonchev–Trinajstić information content (AvgIpc) is 3.48. The fourth-order valence-corrected chi connectivity index (χ4v) is 9.95. The van der Waals surface area contributed by atoms with E-state index in [4.69, 9.17) is 9.47 Å². The smallest absolute Gasteiger partial charge is 0.262 e. The van der Waals surface area contributed by atoms with E-state index in [1.807, 2.05) is 19.1 Å². The Kier molecular flexibility index (Phi) is 15.4. The molecule has 6 rings (SSSR count). The highest BCUT2D eigenvalue weighted by molar-refractivity contribution is 7.90. The molecule has 3 heterocycles. The second-order valence-corrected chi connectivity index (χ2v) is 18.7. The number of likely N-dealkylation sites (tertiary alicyclic amines) is 1. The van der Waals surface area contributed by atoms with Crippen molar-refractivity contribution >= 4 is 33.5 Å². The lowest BCUT2D eigenvalue weighted by Gasteiger charge is -2.32. The summed E-state index contributed by atoms with van der Waals surface area (Å²) in [6, 6.07) is 17.9. The number of carbonyl (C=O) groups is 4. The molecule has 0 aliphatic carbocycles. The van der Waals surface area contributed by atoms with Crippen molar-refractivity contribution in [2.24, 2.45) is 0 Å². The summed E-state index contributed by atoms with van der Waals surface area (Å²) in [7, 11) is -2.06.